The molecule has 0 aliphatic rings. The van der Waals surface area contributed by atoms with Crippen molar-refractivity contribution >= 4 is 46.7 Å². The van der Waals surface area contributed by atoms with Crippen LogP contribution in [0.1, 0.15) is 18.1 Å². The number of benzene rings is 3. The molecule has 0 radical (unpaired) electrons. The first kappa shape index (κ1) is 25.4. The standard InChI is InChI=1S/C26H29N5O2.HI/c1-4-33-24-14-13-21(15-25(24)32-3)30-26(27-2)28-16-19-9-11-20(12-10-19)17-31-18-29-22-7-5-6-8-23(22)31;/h5-15,18H,4,16-17H2,1-3H3,(H2,27,28,30);1H. The molecule has 0 aliphatic carbocycles. The van der Waals surface area contributed by atoms with Crippen LogP contribution < -0.4 is 20.1 Å². The fourth-order valence-corrected chi connectivity index (χ4v) is 3.62. The second kappa shape index (κ2) is 12.3. The topological polar surface area (TPSA) is 72.7 Å². The van der Waals surface area contributed by atoms with Crippen molar-refractivity contribution in [2.45, 2.75) is 20.0 Å². The van der Waals surface area contributed by atoms with Gasteiger partial charge >= 0.3 is 0 Å². The molecule has 34 heavy (non-hydrogen) atoms. The Bertz CT molecular complexity index is 1240. The molecule has 0 saturated heterocycles. The van der Waals surface area contributed by atoms with E-state index in [1.807, 2.05) is 49.6 Å². The molecular weight excluding hydrogens is 541 g/mol. The Balaban J connectivity index is 0.00000324. The summed E-state index contributed by atoms with van der Waals surface area (Å²) in [5, 5.41) is 6.65. The Kier molecular flexibility index (Phi) is 9.15. The average molecular weight is 571 g/mol. The van der Waals surface area contributed by atoms with Gasteiger partial charge < -0.3 is 24.7 Å². The first-order valence-electron chi connectivity index (χ1n) is 11.0. The van der Waals surface area contributed by atoms with Crippen molar-refractivity contribution in [3.63, 3.8) is 0 Å². The van der Waals surface area contributed by atoms with Gasteiger partial charge in [0.05, 0.1) is 31.1 Å². The highest BCUT2D eigenvalue weighted by Crippen LogP contribution is 2.30. The molecule has 2 N–H and O–H groups in total. The highest BCUT2D eigenvalue weighted by Gasteiger charge is 2.07. The number of nitrogens with zero attached hydrogens (tertiary/aromatic N) is 3. The molecule has 0 amide bonds. The van der Waals surface area contributed by atoms with Gasteiger partial charge in [0.2, 0.25) is 0 Å². The first-order valence-corrected chi connectivity index (χ1v) is 11.0. The molecule has 0 unspecified atom stereocenters. The Labute approximate surface area is 217 Å². The summed E-state index contributed by atoms with van der Waals surface area (Å²) < 4.78 is 13.2. The van der Waals surface area contributed by atoms with E-state index in [4.69, 9.17) is 9.47 Å². The second-order valence-corrected chi connectivity index (χ2v) is 7.53. The molecule has 3 aromatic carbocycles. The number of methoxy groups -OCH3 is 1. The van der Waals surface area contributed by atoms with Gasteiger partial charge in [-0.05, 0) is 42.3 Å². The predicted octanol–water partition coefficient (Wildman–Crippen LogP) is 5.30. The van der Waals surface area contributed by atoms with Crippen LogP contribution in [-0.4, -0.2) is 36.3 Å². The van der Waals surface area contributed by atoms with Crippen LogP contribution in [0.15, 0.2) is 78.0 Å². The molecule has 0 spiro atoms. The summed E-state index contributed by atoms with van der Waals surface area (Å²) in [4.78, 5) is 8.79. The van der Waals surface area contributed by atoms with Gasteiger partial charge in [0.25, 0.3) is 0 Å². The number of para-hydroxylation sites is 2. The highest BCUT2D eigenvalue weighted by molar-refractivity contribution is 14.0. The van der Waals surface area contributed by atoms with Crippen LogP contribution >= 0.6 is 24.0 Å². The number of rotatable bonds is 8. The zero-order valence-corrected chi connectivity index (χ0v) is 21.9. The third-order valence-electron chi connectivity index (χ3n) is 5.31. The number of hydrogen-bond donors (Lipinski definition) is 2. The molecule has 7 nitrogen and oxygen atoms in total. The van der Waals surface area contributed by atoms with Crippen LogP contribution in [0.3, 0.4) is 0 Å². The van der Waals surface area contributed by atoms with Gasteiger partial charge in [-0.2, -0.15) is 0 Å². The number of ether oxygens (including phenoxy) is 2. The van der Waals surface area contributed by atoms with E-state index in [9.17, 15) is 0 Å². The van der Waals surface area contributed by atoms with E-state index in [2.05, 4.69) is 55.5 Å². The quantitative estimate of drug-likeness (QED) is 0.171. The summed E-state index contributed by atoms with van der Waals surface area (Å²) in [6.45, 7) is 3.98. The fraction of sp³-hybridized carbons (Fsp3) is 0.231. The number of imidazole rings is 1. The molecule has 0 bridgehead atoms. The summed E-state index contributed by atoms with van der Waals surface area (Å²) in [5.74, 6) is 2.08. The summed E-state index contributed by atoms with van der Waals surface area (Å²) in [6.07, 6.45) is 1.89. The van der Waals surface area contributed by atoms with Crippen LogP contribution in [0.4, 0.5) is 5.69 Å². The molecular formula is C26H30IN5O2. The smallest absolute Gasteiger partial charge is 0.195 e. The van der Waals surface area contributed by atoms with E-state index in [1.54, 1.807) is 14.2 Å². The van der Waals surface area contributed by atoms with Crippen LogP contribution in [0.2, 0.25) is 0 Å². The fourth-order valence-electron chi connectivity index (χ4n) is 3.62. The lowest BCUT2D eigenvalue weighted by Crippen LogP contribution is -2.30. The molecule has 0 fully saturated rings. The van der Waals surface area contributed by atoms with E-state index in [1.165, 1.54) is 11.1 Å². The Morgan fingerprint density at radius 1 is 1.00 bits per heavy atom. The maximum absolute atomic E-state index is 5.58. The van der Waals surface area contributed by atoms with Gasteiger partial charge in [0.15, 0.2) is 17.5 Å². The Hall–Kier alpha value is -3.27. The van der Waals surface area contributed by atoms with E-state index >= 15 is 0 Å². The molecule has 178 valence electrons. The van der Waals surface area contributed by atoms with Crippen molar-refractivity contribution < 1.29 is 9.47 Å². The SMILES string of the molecule is CCOc1ccc(NC(=NC)NCc2ccc(Cn3cnc4ccccc43)cc2)cc1OC.I. The average Bonchev–Trinajstić information content (AvgIpc) is 3.26. The number of hydrogen-bond acceptors (Lipinski definition) is 4. The van der Waals surface area contributed by atoms with Crippen LogP contribution in [-0.2, 0) is 13.1 Å². The maximum Gasteiger partial charge on any atom is 0.195 e. The minimum atomic E-state index is 0. The van der Waals surface area contributed by atoms with Crippen LogP contribution in [0.25, 0.3) is 11.0 Å². The van der Waals surface area contributed by atoms with Crippen molar-refractivity contribution in [3.05, 3.63) is 84.2 Å². The first-order chi connectivity index (χ1) is 16.2. The summed E-state index contributed by atoms with van der Waals surface area (Å²) in [5.41, 5.74) is 5.42. The van der Waals surface area contributed by atoms with Gasteiger partial charge in [-0.25, -0.2) is 4.98 Å². The number of guanidine groups is 1. The Morgan fingerprint density at radius 3 is 2.50 bits per heavy atom. The van der Waals surface area contributed by atoms with E-state index < -0.39 is 0 Å². The lowest BCUT2D eigenvalue weighted by atomic mass is 10.1. The normalized spacial score (nSPS) is 11.1. The molecule has 1 heterocycles. The van der Waals surface area contributed by atoms with Gasteiger partial charge in [0, 0.05) is 31.9 Å². The predicted molar refractivity (Wildman–Crippen MR) is 149 cm³/mol. The number of fused-ring (bicyclic) bond motifs is 1. The van der Waals surface area contributed by atoms with Crippen molar-refractivity contribution in [2.24, 2.45) is 4.99 Å². The van der Waals surface area contributed by atoms with Gasteiger partial charge in [-0.15, -0.1) is 24.0 Å². The van der Waals surface area contributed by atoms with E-state index in [-0.39, 0.29) is 24.0 Å². The second-order valence-electron chi connectivity index (χ2n) is 7.53. The van der Waals surface area contributed by atoms with Gasteiger partial charge in [-0.3, -0.25) is 4.99 Å². The zero-order valence-electron chi connectivity index (χ0n) is 19.6. The van der Waals surface area contributed by atoms with Crippen molar-refractivity contribution in [1.82, 2.24) is 14.9 Å². The summed E-state index contributed by atoms with van der Waals surface area (Å²) in [6, 6.07) is 22.5. The van der Waals surface area contributed by atoms with Gasteiger partial charge in [-0.1, -0.05) is 36.4 Å². The van der Waals surface area contributed by atoms with Crippen LogP contribution in [0.5, 0.6) is 11.5 Å². The molecule has 4 aromatic rings. The zero-order chi connectivity index (χ0) is 23.0. The molecule has 4 rings (SSSR count). The maximum atomic E-state index is 5.58. The lowest BCUT2D eigenvalue weighted by Gasteiger charge is -2.15. The van der Waals surface area contributed by atoms with Crippen molar-refractivity contribution in [1.29, 1.82) is 0 Å². The largest absolute Gasteiger partial charge is 0.493 e. The number of aromatic nitrogens is 2. The van der Waals surface area contributed by atoms with Gasteiger partial charge in [0.1, 0.15) is 0 Å². The number of anilines is 1. The molecule has 1 aromatic heterocycles. The molecule has 0 atom stereocenters. The van der Waals surface area contributed by atoms with Crippen molar-refractivity contribution in [3.8, 4) is 11.5 Å². The highest BCUT2D eigenvalue weighted by atomic mass is 127. The van der Waals surface area contributed by atoms with Crippen molar-refractivity contribution in [2.75, 3.05) is 26.1 Å². The summed E-state index contributed by atoms with van der Waals surface area (Å²) >= 11 is 0. The minimum absolute atomic E-state index is 0. The summed E-state index contributed by atoms with van der Waals surface area (Å²) in [7, 11) is 3.38. The van der Waals surface area contributed by atoms with E-state index in [0.29, 0.717) is 24.9 Å². The monoisotopic (exact) mass is 571 g/mol. The lowest BCUT2D eigenvalue weighted by molar-refractivity contribution is 0.311. The Morgan fingerprint density at radius 2 is 1.76 bits per heavy atom. The third-order valence-corrected chi connectivity index (χ3v) is 5.31. The molecule has 0 saturated carbocycles. The molecule has 8 heteroatoms. The van der Waals surface area contributed by atoms with Crippen LogP contribution in [0, 0.1) is 0 Å². The van der Waals surface area contributed by atoms with E-state index in [0.717, 1.165) is 29.0 Å². The molecule has 0 aliphatic heterocycles. The number of halogens is 1. The number of aliphatic imine (C=N–C) groups is 1. The number of nitrogens with one attached hydrogen (secondary N) is 2. The minimum Gasteiger partial charge on any atom is -0.493 e. The third kappa shape index (κ3) is 6.19.